The number of hydrogen-bond donors (Lipinski definition) is 1. The molecular formula is C9H5F2IN2O2. The molecule has 1 aromatic heterocycles. The lowest BCUT2D eigenvalue weighted by molar-refractivity contribution is 0.153. The summed E-state index contributed by atoms with van der Waals surface area (Å²) in [6, 6.07) is 4.11. The molecule has 0 aliphatic rings. The lowest BCUT2D eigenvalue weighted by Crippen LogP contribution is -2.09. The molecule has 0 aliphatic heterocycles. The Bertz CT molecular complexity index is 568. The van der Waals surface area contributed by atoms with Crippen LogP contribution >= 0.6 is 22.6 Å². The van der Waals surface area contributed by atoms with Crippen LogP contribution in [0.25, 0.3) is 10.9 Å². The van der Waals surface area contributed by atoms with E-state index in [1.165, 1.54) is 18.2 Å². The maximum absolute atomic E-state index is 12.7. The van der Waals surface area contributed by atoms with Crippen molar-refractivity contribution in [2.45, 2.75) is 6.43 Å². The zero-order chi connectivity index (χ0) is 11.9. The highest BCUT2D eigenvalue weighted by Gasteiger charge is 2.19. The van der Waals surface area contributed by atoms with Crippen molar-refractivity contribution < 1.29 is 18.7 Å². The van der Waals surface area contributed by atoms with Gasteiger partial charge in [-0.1, -0.05) is 12.1 Å². The number of hydrogen-bond acceptors (Lipinski definition) is 2. The fourth-order valence-electron chi connectivity index (χ4n) is 1.48. The Labute approximate surface area is 102 Å². The molecule has 1 aromatic carbocycles. The minimum Gasteiger partial charge on any atom is -0.463 e. The summed E-state index contributed by atoms with van der Waals surface area (Å²) in [4.78, 5) is 10.8. The van der Waals surface area contributed by atoms with Gasteiger partial charge in [-0.2, -0.15) is 9.78 Å². The molecule has 0 bridgehead atoms. The van der Waals surface area contributed by atoms with E-state index in [9.17, 15) is 13.6 Å². The molecule has 0 unspecified atom stereocenters. The summed E-state index contributed by atoms with van der Waals surface area (Å²) in [6.07, 6.45) is -3.94. The number of nitrogens with zero attached hydrogens (tertiary/aromatic N) is 2. The van der Waals surface area contributed by atoms with Crippen LogP contribution in [0.5, 0.6) is 0 Å². The molecule has 0 aliphatic carbocycles. The van der Waals surface area contributed by atoms with Gasteiger partial charge in [0.1, 0.15) is 3.70 Å². The number of halogens is 3. The lowest BCUT2D eigenvalue weighted by atomic mass is 10.1. The molecule has 0 fully saturated rings. The molecule has 7 heteroatoms. The number of carbonyl (C=O) groups is 1. The van der Waals surface area contributed by atoms with Crippen LogP contribution in [-0.4, -0.2) is 21.0 Å². The Kier molecular flexibility index (Phi) is 2.78. The summed E-state index contributed by atoms with van der Waals surface area (Å²) in [5, 5.41) is 12.7. The fourth-order valence-corrected chi connectivity index (χ4v) is 2.28. The first-order valence-corrected chi connectivity index (χ1v) is 5.29. The van der Waals surface area contributed by atoms with E-state index in [2.05, 4.69) is 5.10 Å². The van der Waals surface area contributed by atoms with Gasteiger partial charge in [0.2, 0.25) is 0 Å². The highest BCUT2D eigenvalue weighted by atomic mass is 127. The van der Waals surface area contributed by atoms with Gasteiger partial charge in [-0.05, 0) is 28.7 Å². The number of rotatable bonds is 1. The van der Waals surface area contributed by atoms with E-state index in [0.717, 1.165) is 0 Å². The second kappa shape index (κ2) is 3.96. The van der Waals surface area contributed by atoms with Crippen molar-refractivity contribution in [2.75, 3.05) is 0 Å². The number of benzene rings is 1. The maximum atomic E-state index is 12.7. The van der Waals surface area contributed by atoms with Gasteiger partial charge in [-0.3, -0.25) is 0 Å². The number of aromatic nitrogens is 2. The molecule has 0 spiro atoms. The third kappa shape index (κ3) is 1.64. The van der Waals surface area contributed by atoms with E-state index in [0.29, 0.717) is 4.68 Å². The summed E-state index contributed by atoms with van der Waals surface area (Å²) in [6.45, 7) is 0. The molecular weight excluding hydrogens is 333 g/mol. The zero-order valence-corrected chi connectivity index (χ0v) is 9.85. The van der Waals surface area contributed by atoms with E-state index >= 15 is 0 Å². The van der Waals surface area contributed by atoms with Crippen molar-refractivity contribution in [2.24, 2.45) is 0 Å². The maximum Gasteiger partial charge on any atom is 0.432 e. The molecule has 2 rings (SSSR count). The van der Waals surface area contributed by atoms with Gasteiger partial charge in [-0.25, -0.2) is 13.6 Å². The molecule has 0 saturated carbocycles. The van der Waals surface area contributed by atoms with E-state index in [1.807, 2.05) is 0 Å². The molecule has 4 nitrogen and oxygen atoms in total. The van der Waals surface area contributed by atoms with Gasteiger partial charge in [-0.15, -0.1) is 0 Å². The zero-order valence-electron chi connectivity index (χ0n) is 7.69. The average molecular weight is 338 g/mol. The quantitative estimate of drug-likeness (QED) is 0.813. The fraction of sp³-hybridized carbons (Fsp3) is 0.111. The first-order valence-electron chi connectivity index (χ1n) is 4.21. The van der Waals surface area contributed by atoms with Crippen LogP contribution in [0.2, 0.25) is 0 Å². The highest BCUT2D eigenvalue weighted by Crippen LogP contribution is 2.30. The van der Waals surface area contributed by atoms with Gasteiger partial charge in [0.25, 0.3) is 6.43 Å². The van der Waals surface area contributed by atoms with Crippen molar-refractivity contribution in [3.63, 3.8) is 0 Å². The topological polar surface area (TPSA) is 55.1 Å². The average Bonchev–Trinajstić information content (AvgIpc) is 2.56. The lowest BCUT2D eigenvalue weighted by Gasteiger charge is -2.01. The molecule has 0 radical (unpaired) electrons. The molecule has 0 atom stereocenters. The third-order valence-corrected chi connectivity index (χ3v) is 2.87. The second-order valence-electron chi connectivity index (χ2n) is 3.03. The van der Waals surface area contributed by atoms with Gasteiger partial charge in [0, 0.05) is 10.9 Å². The Morgan fingerprint density at radius 3 is 2.75 bits per heavy atom. The number of fused-ring (bicyclic) bond motifs is 1. The minimum atomic E-state index is -2.65. The van der Waals surface area contributed by atoms with Crippen LogP contribution in [0.1, 0.15) is 12.0 Å². The van der Waals surface area contributed by atoms with E-state index in [-0.39, 0.29) is 20.2 Å². The largest absolute Gasteiger partial charge is 0.463 e. The van der Waals surface area contributed by atoms with E-state index in [1.54, 1.807) is 22.6 Å². The predicted octanol–water partition coefficient (Wildman–Crippen LogP) is 3.10. The molecule has 0 amide bonds. The Balaban J connectivity index is 2.84. The van der Waals surface area contributed by atoms with Crippen LogP contribution < -0.4 is 0 Å². The Hall–Kier alpha value is -1.25. The smallest absolute Gasteiger partial charge is 0.432 e. The minimum absolute atomic E-state index is 0.176. The third-order valence-electron chi connectivity index (χ3n) is 2.11. The Morgan fingerprint density at radius 1 is 1.50 bits per heavy atom. The second-order valence-corrected chi connectivity index (χ2v) is 4.05. The van der Waals surface area contributed by atoms with Crippen molar-refractivity contribution in [3.05, 3.63) is 27.5 Å². The Morgan fingerprint density at radius 2 is 2.19 bits per heavy atom. The SMILES string of the molecule is O=C(O)n1nc(I)c2c(C(F)F)cccc21. The van der Waals surface area contributed by atoms with Crippen LogP contribution in [0.15, 0.2) is 18.2 Å². The molecule has 0 saturated heterocycles. The summed E-state index contributed by atoms with van der Waals surface area (Å²) < 4.78 is 26.4. The van der Waals surface area contributed by atoms with E-state index in [4.69, 9.17) is 5.11 Å². The van der Waals surface area contributed by atoms with Crippen molar-refractivity contribution in [1.29, 1.82) is 0 Å². The van der Waals surface area contributed by atoms with Gasteiger partial charge < -0.3 is 5.11 Å². The summed E-state index contributed by atoms with van der Waals surface area (Å²) in [5.74, 6) is 0. The molecule has 84 valence electrons. The van der Waals surface area contributed by atoms with Gasteiger partial charge in [0.05, 0.1) is 5.52 Å². The first-order chi connectivity index (χ1) is 7.52. The van der Waals surface area contributed by atoms with Crippen molar-refractivity contribution in [1.82, 2.24) is 9.78 Å². The summed E-state index contributed by atoms with van der Waals surface area (Å²) >= 11 is 1.74. The van der Waals surface area contributed by atoms with Crippen molar-refractivity contribution in [3.8, 4) is 0 Å². The van der Waals surface area contributed by atoms with Crippen LogP contribution in [0.3, 0.4) is 0 Å². The molecule has 1 N–H and O–H groups in total. The van der Waals surface area contributed by atoms with E-state index < -0.39 is 12.5 Å². The molecule has 2 aromatic rings. The highest BCUT2D eigenvalue weighted by molar-refractivity contribution is 14.1. The van der Waals surface area contributed by atoms with Gasteiger partial charge in [0.15, 0.2) is 0 Å². The van der Waals surface area contributed by atoms with Crippen LogP contribution in [-0.2, 0) is 0 Å². The standard InChI is InChI=1S/C9H5F2IN2O2/c10-7(11)4-2-1-3-5-6(4)8(12)13-14(5)9(15)16/h1-3,7H,(H,15,16). The monoisotopic (exact) mass is 338 g/mol. The normalized spacial score (nSPS) is 11.2. The predicted molar refractivity (Wildman–Crippen MR) is 60.8 cm³/mol. The first kappa shape index (κ1) is 11.2. The van der Waals surface area contributed by atoms with Crippen LogP contribution in [0, 0.1) is 3.70 Å². The summed E-state index contributed by atoms with van der Waals surface area (Å²) in [7, 11) is 0. The number of alkyl halides is 2. The molecule has 1 heterocycles. The number of carboxylic acid groups (broad SMARTS) is 1. The van der Waals surface area contributed by atoms with Gasteiger partial charge >= 0.3 is 6.09 Å². The molecule has 16 heavy (non-hydrogen) atoms. The van der Waals surface area contributed by atoms with Crippen LogP contribution in [0.4, 0.5) is 13.6 Å². The summed E-state index contributed by atoms with van der Waals surface area (Å²) in [5.41, 5.74) is -0.0240. The van der Waals surface area contributed by atoms with Crippen molar-refractivity contribution >= 4 is 39.6 Å².